The molecule has 2 heteroatoms. The van der Waals surface area contributed by atoms with Crippen LogP contribution in [0.5, 0.6) is 0 Å². The number of aromatic nitrogens is 2. The monoisotopic (exact) mass is 406 g/mol. The summed E-state index contributed by atoms with van der Waals surface area (Å²) in [5.41, 5.74) is 8.75. The van der Waals surface area contributed by atoms with Crippen LogP contribution in [0.15, 0.2) is 103 Å². The Morgan fingerprint density at radius 1 is 0.469 bits per heavy atom. The van der Waals surface area contributed by atoms with E-state index in [0.717, 1.165) is 0 Å². The quantitative estimate of drug-likeness (QED) is 0.284. The summed E-state index contributed by atoms with van der Waals surface area (Å²) in [6, 6.07) is 37.4. The first-order chi connectivity index (χ1) is 15.9. The molecule has 0 bridgehead atoms. The Hall–Kier alpha value is -4.30. The van der Waals surface area contributed by atoms with Gasteiger partial charge in [0.2, 0.25) is 0 Å². The highest BCUT2D eigenvalue weighted by Crippen LogP contribution is 2.45. The van der Waals surface area contributed by atoms with Gasteiger partial charge in [-0.2, -0.15) is 0 Å². The second kappa shape index (κ2) is 5.68. The molecule has 3 aromatic heterocycles. The number of aromatic amines is 1. The number of nitrogens with zero attached hydrogens (tertiary/aromatic N) is 1. The summed E-state index contributed by atoms with van der Waals surface area (Å²) in [5.74, 6) is 0. The molecule has 1 N–H and O–H groups in total. The van der Waals surface area contributed by atoms with Crippen LogP contribution in [0.1, 0.15) is 0 Å². The van der Waals surface area contributed by atoms with Gasteiger partial charge in [0.1, 0.15) is 0 Å². The molecule has 0 saturated heterocycles. The second-order valence-electron chi connectivity index (χ2n) is 8.69. The Morgan fingerprint density at radius 3 is 2.03 bits per heavy atom. The van der Waals surface area contributed by atoms with E-state index in [1.165, 1.54) is 71.0 Å². The lowest BCUT2D eigenvalue weighted by Crippen LogP contribution is -1.78. The van der Waals surface area contributed by atoms with E-state index in [9.17, 15) is 0 Å². The largest absolute Gasteiger partial charge is 0.354 e. The molecule has 5 aromatic carbocycles. The molecule has 0 aliphatic rings. The lowest BCUT2D eigenvalue weighted by Gasteiger charge is -2.03. The summed E-state index contributed by atoms with van der Waals surface area (Å²) in [6.07, 6.45) is 0. The van der Waals surface area contributed by atoms with Gasteiger partial charge in [-0.25, -0.2) is 0 Å². The van der Waals surface area contributed by atoms with Gasteiger partial charge in [-0.3, -0.25) is 0 Å². The van der Waals surface area contributed by atoms with Crippen molar-refractivity contribution in [2.75, 3.05) is 0 Å². The Kier molecular flexibility index (Phi) is 2.91. The normalized spacial score (nSPS) is 12.4. The molecule has 0 spiro atoms. The molecule has 2 nitrogen and oxygen atoms in total. The van der Waals surface area contributed by atoms with Gasteiger partial charge in [0.05, 0.1) is 16.6 Å². The minimum Gasteiger partial charge on any atom is -0.354 e. The SMILES string of the molecule is c1ccc(-c2ccc3[nH]c4cc5c6ccccc6n6c7ccccc7c(c4c3c2)c56)cc1. The van der Waals surface area contributed by atoms with E-state index in [4.69, 9.17) is 0 Å². The van der Waals surface area contributed by atoms with Gasteiger partial charge in [0, 0.05) is 43.4 Å². The predicted octanol–water partition coefficient (Wildman–Crippen LogP) is 8.14. The topological polar surface area (TPSA) is 20.2 Å². The molecule has 0 fully saturated rings. The minimum absolute atomic E-state index is 1.18. The van der Waals surface area contributed by atoms with Crippen molar-refractivity contribution in [3.05, 3.63) is 103 Å². The zero-order chi connectivity index (χ0) is 20.8. The van der Waals surface area contributed by atoms with Crippen LogP contribution in [0.2, 0.25) is 0 Å². The molecule has 32 heavy (non-hydrogen) atoms. The van der Waals surface area contributed by atoms with Crippen molar-refractivity contribution in [2.24, 2.45) is 0 Å². The third kappa shape index (κ3) is 1.91. The number of H-pyrrole nitrogens is 1. The summed E-state index contributed by atoms with van der Waals surface area (Å²) in [6.45, 7) is 0. The molecule has 0 amide bonds. The molecule has 0 unspecified atom stereocenters. The van der Waals surface area contributed by atoms with Crippen molar-refractivity contribution in [2.45, 2.75) is 0 Å². The van der Waals surface area contributed by atoms with Crippen molar-refractivity contribution in [1.29, 1.82) is 0 Å². The van der Waals surface area contributed by atoms with Crippen molar-refractivity contribution >= 4 is 59.9 Å². The number of rotatable bonds is 1. The first kappa shape index (κ1) is 16.4. The maximum atomic E-state index is 3.72. The first-order valence-electron chi connectivity index (χ1n) is 11.1. The Morgan fingerprint density at radius 2 is 1.19 bits per heavy atom. The number of para-hydroxylation sites is 2. The van der Waals surface area contributed by atoms with Crippen molar-refractivity contribution in [1.82, 2.24) is 9.38 Å². The molecular weight excluding hydrogens is 388 g/mol. The minimum atomic E-state index is 1.18. The summed E-state index contributed by atoms with van der Waals surface area (Å²) in [7, 11) is 0. The van der Waals surface area contributed by atoms with E-state index in [-0.39, 0.29) is 0 Å². The van der Waals surface area contributed by atoms with E-state index >= 15 is 0 Å². The fraction of sp³-hybridized carbons (Fsp3) is 0. The van der Waals surface area contributed by atoms with E-state index in [2.05, 4.69) is 113 Å². The molecule has 0 radical (unpaired) electrons. The fourth-order valence-electron chi connectivity index (χ4n) is 5.71. The van der Waals surface area contributed by atoms with Crippen LogP contribution in [0.25, 0.3) is 71.0 Å². The van der Waals surface area contributed by atoms with Crippen LogP contribution in [0.4, 0.5) is 0 Å². The summed E-state index contributed by atoms with van der Waals surface area (Å²) in [5, 5.41) is 7.89. The van der Waals surface area contributed by atoms with Crippen LogP contribution in [0, 0.1) is 0 Å². The van der Waals surface area contributed by atoms with E-state index in [1.54, 1.807) is 0 Å². The maximum Gasteiger partial charge on any atom is 0.0628 e. The van der Waals surface area contributed by atoms with Crippen molar-refractivity contribution < 1.29 is 0 Å². The van der Waals surface area contributed by atoms with Gasteiger partial charge < -0.3 is 9.38 Å². The van der Waals surface area contributed by atoms with Crippen LogP contribution in [0.3, 0.4) is 0 Å². The third-order valence-corrected chi connectivity index (χ3v) is 7.04. The highest BCUT2D eigenvalue weighted by Gasteiger charge is 2.21. The average Bonchev–Trinajstić information content (AvgIpc) is 3.49. The average molecular weight is 406 g/mol. The number of hydrogen-bond acceptors (Lipinski definition) is 0. The molecular formula is C30H18N2. The summed E-state index contributed by atoms with van der Waals surface area (Å²) in [4.78, 5) is 3.72. The highest BCUT2D eigenvalue weighted by atomic mass is 14.9. The molecule has 0 aliphatic carbocycles. The van der Waals surface area contributed by atoms with Gasteiger partial charge >= 0.3 is 0 Å². The molecule has 8 aromatic rings. The molecule has 0 saturated carbocycles. The van der Waals surface area contributed by atoms with E-state index < -0.39 is 0 Å². The predicted molar refractivity (Wildman–Crippen MR) is 136 cm³/mol. The van der Waals surface area contributed by atoms with Gasteiger partial charge in [-0.1, -0.05) is 72.8 Å². The van der Waals surface area contributed by atoms with Crippen molar-refractivity contribution in [3.8, 4) is 11.1 Å². The van der Waals surface area contributed by atoms with Gasteiger partial charge in [0.15, 0.2) is 0 Å². The Balaban J connectivity index is 1.65. The zero-order valence-electron chi connectivity index (χ0n) is 17.3. The molecule has 3 heterocycles. The highest BCUT2D eigenvalue weighted by molar-refractivity contribution is 6.35. The fourth-order valence-corrected chi connectivity index (χ4v) is 5.71. The van der Waals surface area contributed by atoms with Gasteiger partial charge in [0.25, 0.3) is 0 Å². The molecule has 0 atom stereocenters. The van der Waals surface area contributed by atoms with Gasteiger partial charge in [-0.05, 0) is 41.5 Å². The Labute approximate surface area is 183 Å². The molecule has 148 valence electrons. The summed E-state index contributed by atoms with van der Waals surface area (Å²) >= 11 is 0. The number of hydrogen-bond donors (Lipinski definition) is 1. The van der Waals surface area contributed by atoms with E-state index in [1.807, 2.05) is 0 Å². The van der Waals surface area contributed by atoms with Crippen LogP contribution in [-0.4, -0.2) is 9.38 Å². The van der Waals surface area contributed by atoms with Crippen LogP contribution in [-0.2, 0) is 0 Å². The summed E-state index contributed by atoms with van der Waals surface area (Å²) < 4.78 is 2.45. The third-order valence-electron chi connectivity index (χ3n) is 7.04. The maximum absolute atomic E-state index is 3.72. The lowest BCUT2D eigenvalue weighted by atomic mass is 9.99. The van der Waals surface area contributed by atoms with Crippen LogP contribution < -0.4 is 0 Å². The van der Waals surface area contributed by atoms with E-state index in [0.29, 0.717) is 0 Å². The molecule has 8 rings (SSSR count). The first-order valence-corrected chi connectivity index (χ1v) is 11.1. The standard InChI is InChI=1S/C30H18N2/c1-2-8-18(9-3-1)19-14-15-24-23(16-19)28-25(31-24)17-22-20-10-4-6-12-26(20)32-27-13-7-5-11-21(27)29(28)30(22)32/h1-17,31H. The number of fused-ring (bicyclic) bond motifs is 10. The smallest absolute Gasteiger partial charge is 0.0628 e. The second-order valence-corrected chi connectivity index (χ2v) is 8.69. The molecule has 0 aliphatic heterocycles. The van der Waals surface area contributed by atoms with Gasteiger partial charge in [-0.15, -0.1) is 0 Å². The lowest BCUT2D eigenvalue weighted by molar-refractivity contribution is 1.37. The zero-order valence-corrected chi connectivity index (χ0v) is 17.3. The number of nitrogens with one attached hydrogen (secondary N) is 1. The number of benzene rings is 5. The van der Waals surface area contributed by atoms with Crippen molar-refractivity contribution in [3.63, 3.8) is 0 Å². The van der Waals surface area contributed by atoms with Crippen LogP contribution >= 0.6 is 0 Å². The Bertz CT molecular complexity index is 1970.